The van der Waals surface area contributed by atoms with Crippen molar-refractivity contribution in [2.75, 3.05) is 6.61 Å². The van der Waals surface area contributed by atoms with Crippen molar-refractivity contribution in [3.8, 4) is 0 Å². The number of oxime groups is 1. The van der Waals surface area contributed by atoms with E-state index in [2.05, 4.69) is 12.1 Å². The Hall–Kier alpha value is -0.530. The molecule has 2 nitrogen and oxygen atoms in total. The lowest BCUT2D eigenvalue weighted by Gasteiger charge is -1.87. The molecule has 0 heterocycles. The first-order chi connectivity index (χ1) is 3.91. The van der Waals surface area contributed by atoms with E-state index in [1.54, 1.807) is 6.21 Å². The fourth-order valence-electron chi connectivity index (χ4n) is 0.309. The highest BCUT2D eigenvalue weighted by molar-refractivity contribution is 5.55. The highest BCUT2D eigenvalue weighted by Gasteiger charge is 1.71. The molecule has 0 aliphatic carbocycles. The molecule has 0 amide bonds. The molecule has 0 aliphatic rings. The number of unbranched alkanes of at least 4 members (excludes halogenated alkanes) is 1. The van der Waals surface area contributed by atoms with Gasteiger partial charge in [-0.1, -0.05) is 18.5 Å². The number of nitrogens with zero attached hydrogens (tertiary/aromatic N) is 1. The van der Waals surface area contributed by atoms with Crippen molar-refractivity contribution in [2.24, 2.45) is 5.16 Å². The minimum atomic E-state index is 0.667. The van der Waals surface area contributed by atoms with Gasteiger partial charge >= 0.3 is 0 Å². The molecule has 0 fully saturated rings. The maximum absolute atomic E-state index is 4.70. The van der Waals surface area contributed by atoms with Gasteiger partial charge in [-0.15, -0.1) is 0 Å². The molecule has 0 radical (unpaired) electrons. The highest BCUT2D eigenvalue weighted by atomic mass is 16.6. The van der Waals surface area contributed by atoms with E-state index in [9.17, 15) is 0 Å². The first kappa shape index (κ1) is 7.47. The molecule has 0 bridgehead atoms. The Morgan fingerprint density at radius 3 is 2.75 bits per heavy atom. The largest absolute Gasteiger partial charge is 0.396 e. The third-order valence-electron chi connectivity index (χ3n) is 0.696. The summed E-state index contributed by atoms with van der Waals surface area (Å²) in [6, 6.07) is 0. The van der Waals surface area contributed by atoms with Gasteiger partial charge in [-0.25, -0.2) is 0 Å². The van der Waals surface area contributed by atoms with Gasteiger partial charge in [-0.3, -0.25) is 0 Å². The van der Waals surface area contributed by atoms with E-state index >= 15 is 0 Å². The summed E-state index contributed by atoms with van der Waals surface area (Å²) >= 11 is 0. The number of hydrogen-bond donors (Lipinski definition) is 0. The Kier molecular flexibility index (Phi) is 6.04. The molecule has 0 N–H and O–H groups in total. The molecule has 0 spiro atoms. The van der Waals surface area contributed by atoms with E-state index in [0.29, 0.717) is 6.61 Å². The Morgan fingerprint density at radius 1 is 1.50 bits per heavy atom. The van der Waals surface area contributed by atoms with Crippen LogP contribution in [0.3, 0.4) is 0 Å². The van der Waals surface area contributed by atoms with Gasteiger partial charge in [0.05, 0.1) is 0 Å². The Labute approximate surface area is 50.5 Å². The molecule has 48 valence electrons. The summed E-state index contributed by atoms with van der Waals surface area (Å²) < 4.78 is 0. The van der Waals surface area contributed by atoms with Crippen LogP contribution in [0.2, 0.25) is 0 Å². The van der Waals surface area contributed by atoms with E-state index in [-0.39, 0.29) is 0 Å². The summed E-state index contributed by atoms with van der Waals surface area (Å²) in [6.45, 7) is 4.70. The van der Waals surface area contributed by atoms with Crippen LogP contribution in [0.25, 0.3) is 0 Å². The monoisotopic (exact) mass is 115 g/mol. The Bertz CT molecular complexity index is 53.5. The van der Waals surface area contributed by atoms with Gasteiger partial charge in [-0.05, 0) is 13.3 Å². The molecular weight excluding hydrogens is 102 g/mol. The average Bonchev–Trinajstić information content (AvgIpc) is 1.81. The van der Waals surface area contributed by atoms with Gasteiger partial charge in [0, 0.05) is 6.21 Å². The first-order valence-corrected chi connectivity index (χ1v) is 3.05. The standard InChI is InChI=1S/C6H13NO/c1-3-5-6-7-8-4-2/h6H,3-5H2,1-2H3/b7-6+. The van der Waals surface area contributed by atoms with Crippen LogP contribution in [-0.4, -0.2) is 12.8 Å². The normalized spacial score (nSPS) is 10.2. The van der Waals surface area contributed by atoms with Gasteiger partial charge in [0.25, 0.3) is 0 Å². The van der Waals surface area contributed by atoms with Crippen LogP contribution in [0.1, 0.15) is 26.7 Å². The van der Waals surface area contributed by atoms with Crippen molar-refractivity contribution in [3.05, 3.63) is 0 Å². The van der Waals surface area contributed by atoms with Gasteiger partial charge in [-0.2, -0.15) is 0 Å². The molecule has 8 heavy (non-hydrogen) atoms. The lowest BCUT2D eigenvalue weighted by atomic mass is 10.4. The van der Waals surface area contributed by atoms with Crippen LogP contribution in [0.4, 0.5) is 0 Å². The summed E-state index contributed by atoms with van der Waals surface area (Å²) in [6.07, 6.45) is 3.94. The van der Waals surface area contributed by atoms with E-state index < -0.39 is 0 Å². The lowest BCUT2D eigenvalue weighted by Crippen LogP contribution is -1.79. The molecule has 0 aromatic heterocycles. The molecule has 0 saturated carbocycles. The quantitative estimate of drug-likeness (QED) is 0.404. The zero-order valence-corrected chi connectivity index (χ0v) is 5.55. The second kappa shape index (κ2) is 6.47. The molecule has 0 atom stereocenters. The third kappa shape index (κ3) is 5.47. The smallest absolute Gasteiger partial charge is 0.114 e. The zero-order chi connectivity index (χ0) is 6.24. The lowest BCUT2D eigenvalue weighted by molar-refractivity contribution is 0.160. The second-order valence-electron chi connectivity index (χ2n) is 1.49. The Balaban J connectivity index is 2.83. The second-order valence-corrected chi connectivity index (χ2v) is 1.49. The summed E-state index contributed by atoms with van der Waals surface area (Å²) in [5.74, 6) is 0. The highest BCUT2D eigenvalue weighted by Crippen LogP contribution is 1.81. The fourth-order valence-corrected chi connectivity index (χ4v) is 0.309. The Morgan fingerprint density at radius 2 is 2.25 bits per heavy atom. The van der Waals surface area contributed by atoms with Crippen LogP contribution < -0.4 is 0 Å². The minimum Gasteiger partial charge on any atom is -0.396 e. The van der Waals surface area contributed by atoms with Crippen LogP contribution in [0, 0.1) is 0 Å². The predicted octanol–water partition coefficient (Wildman–Crippen LogP) is 1.81. The van der Waals surface area contributed by atoms with Gasteiger partial charge in [0.15, 0.2) is 0 Å². The number of hydrogen-bond acceptors (Lipinski definition) is 2. The van der Waals surface area contributed by atoms with Crippen LogP contribution in [0.15, 0.2) is 5.16 Å². The van der Waals surface area contributed by atoms with Crippen LogP contribution >= 0.6 is 0 Å². The van der Waals surface area contributed by atoms with Crippen LogP contribution in [0.5, 0.6) is 0 Å². The molecule has 0 saturated heterocycles. The summed E-state index contributed by atoms with van der Waals surface area (Å²) in [5.41, 5.74) is 0. The SMILES string of the molecule is CCC/C=N/OCC. The first-order valence-electron chi connectivity index (χ1n) is 3.05. The maximum Gasteiger partial charge on any atom is 0.114 e. The van der Waals surface area contributed by atoms with E-state index in [0.717, 1.165) is 12.8 Å². The van der Waals surface area contributed by atoms with Crippen molar-refractivity contribution in [1.82, 2.24) is 0 Å². The van der Waals surface area contributed by atoms with E-state index in [1.807, 2.05) is 6.92 Å². The minimum absolute atomic E-state index is 0.667. The average molecular weight is 115 g/mol. The third-order valence-corrected chi connectivity index (χ3v) is 0.696. The van der Waals surface area contributed by atoms with E-state index in [1.165, 1.54) is 0 Å². The van der Waals surface area contributed by atoms with E-state index in [4.69, 9.17) is 4.84 Å². The van der Waals surface area contributed by atoms with Crippen molar-refractivity contribution < 1.29 is 4.84 Å². The summed E-state index contributed by atoms with van der Waals surface area (Å²) in [5, 5.41) is 3.65. The molecule has 0 aliphatic heterocycles. The topological polar surface area (TPSA) is 21.6 Å². The molecule has 0 aromatic rings. The van der Waals surface area contributed by atoms with Crippen molar-refractivity contribution in [3.63, 3.8) is 0 Å². The summed E-state index contributed by atoms with van der Waals surface area (Å²) in [7, 11) is 0. The predicted molar refractivity (Wildman–Crippen MR) is 35.0 cm³/mol. The summed E-state index contributed by atoms with van der Waals surface area (Å²) in [4.78, 5) is 4.70. The fraction of sp³-hybridized carbons (Fsp3) is 0.833. The molecule has 2 heteroatoms. The van der Waals surface area contributed by atoms with Crippen molar-refractivity contribution in [2.45, 2.75) is 26.7 Å². The maximum atomic E-state index is 4.70. The van der Waals surface area contributed by atoms with Gasteiger partial charge < -0.3 is 4.84 Å². The number of rotatable bonds is 4. The molecule has 0 unspecified atom stereocenters. The molecular formula is C6H13NO. The van der Waals surface area contributed by atoms with Gasteiger partial charge in [0.1, 0.15) is 6.61 Å². The van der Waals surface area contributed by atoms with Crippen molar-refractivity contribution >= 4 is 6.21 Å². The van der Waals surface area contributed by atoms with Gasteiger partial charge in [0.2, 0.25) is 0 Å². The van der Waals surface area contributed by atoms with Crippen LogP contribution in [-0.2, 0) is 4.84 Å². The zero-order valence-electron chi connectivity index (χ0n) is 5.55. The molecule has 0 aromatic carbocycles. The molecule has 0 rings (SSSR count). The van der Waals surface area contributed by atoms with Crippen molar-refractivity contribution in [1.29, 1.82) is 0 Å².